The highest BCUT2D eigenvalue weighted by Crippen LogP contribution is 2.26. The van der Waals surface area contributed by atoms with E-state index in [2.05, 4.69) is 25.7 Å². The largest absolute Gasteiger partial charge is 0.478 e. The van der Waals surface area contributed by atoms with Gasteiger partial charge in [0.2, 0.25) is 0 Å². The maximum Gasteiger partial charge on any atom is 0.328 e. The van der Waals surface area contributed by atoms with Gasteiger partial charge >= 0.3 is 5.97 Å². The maximum atomic E-state index is 10.6. The first-order valence-corrected chi connectivity index (χ1v) is 7.80. The average Bonchev–Trinajstić information content (AvgIpc) is 2.41. The summed E-state index contributed by atoms with van der Waals surface area (Å²) in [6.45, 7) is 7.53. The SMILES string of the molecule is CCCCCN(c1ccc(/C=C/C(=O)O)c(Cl)c1)C(C)C. The van der Waals surface area contributed by atoms with Crippen LogP contribution in [0, 0.1) is 0 Å². The first-order valence-electron chi connectivity index (χ1n) is 7.43. The van der Waals surface area contributed by atoms with E-state index < -0.39 is 5.97 Å². The van der Waals surface area contributed by atoms with E-state index in [1.807, 2.05) is 18.2 Å². The van der Waals surface area contributed by atoms with Crippen molar-refractivity contribution in [3.63, 3.8) is 0 Å². The third-order valence-corrected chi connectivity index (χ3v) is 3.67. The van der Waals surface area contributed by atoms with Gasteiger partial charge in [-0.2, -0.15) is 0 Å². The molecule has 3 nitrogen and oxygen atoms in total. The summed E-state index contributed by atoms with van der Waals surface area (Å²) in [7, 11) is 0. The molecule has 0 saturated carbocycles. The Balaban J connectivity index is 2.90. The molecule has 116 valence electrons. The van der Waals surface area contributed by atoms with Gasteiger partial charge in [-0.3, -0.25) is 0 Å². The molecule has 0 spiro atoms. The number of nitrogens with zero attached hydrogens (tertiary/aromatic N) is 1. The van der Waals surface area contributed by atoms with E-state index in [0.29, 0.717) is 11.1 Å². The minimum absolute atomic E-state index is 0.401. The zero-order valence-electron chi connectivity index (χ0n) is 13.0. The van der Waals surface area contributed by atoms with Crippen LogP contribution < -0.4 is 4.90 Å². The molecule has 21 heavy (non-hydrogen) atoms. The molecule has 4 heteroatoms. The zero-order chi connectivity index (χ0) is 15.8. The van der Waals surface area contributed by atoms with E-state index in [0.717, 1.165) is 30.3 Å². The number of hydrogen-bond donors (Lipinski definition) is 1. The average molecular weight is 310 g/mol. The van der Waals surface area contributed by atoms with Gasteiger partial charge in [-0.1, -0.05) is 37.4 Å². The van der Waals surface area contributed by atoms with Crippen molar-refractivity contribution >= 4 is 29.3 Å². The minimum atomic E-state index is -0.974. The molecule has 0 aliphatic carbocycles. The fourth-order valence-electron chi connectivity index (χ4n) is 2.21. The summed E-state index contributed by atoms with van der Waals surface area (Å²) >= 11 is 6.25. The van der Waals surface area contributed by atoms with Gasteiger partial charge in [-0.05, 0) is 44.0 Å². The summed E-state index contributed by atoms with van der Waals surface area (Å²) in [5.41, 5.74) is 1.80. The van der Waals surface area contributed by atoms with Gasteiger partial charge in [0.25, 0.3) is 0 Å². The molecule has 0 heterocycles. The number of carboxylic acids is 1. The summed E-state index contributed by atoms with van der Waals surface area (Å²) in [5, 5.41) is 9.24. The van der Waals surface area contributed by atoms with Crippen LogP contribution in [0.15, 0.2) is 24.3 Å². The highest BCUT2D eigenvalue weighted by molar-refractivity contribution is 6.32. The quantitative estimate of drug-likeness (QED) is 0.551. The Kier molecular flexibility index (Phi) is 7.30. The molecular formula is C17H24ClNO2. The molecule has 0 unspecified atom stereocenters. The Morgan fingerprint density at radius 1 is 1.38 bits per heavy atom. The molecule has 0 fully saturated rings. The molecule has 1 N–H and O–H groups in total. The number of rotatable bonds is 8. The van der Waals surface area contributed by atoms with E-state index in [-0.39, 0.29) is 0 Å². The lowest BCUT2D eigenvalue weighted by molar-refractivity contribution is -0.131. The summed E-state index contributed by atoms with van der Waals surface area (Å²) in [6.07, 6.45) is 6.20. The van der Waals surface area contributed by atoms with Crippen LogP contribution in [0.25, 0.3) is 6.08 Å². The van der Waals surface area contributed by atoms with Crippen LogP contribution >= 0.6 is 11.6 Å². The number of hydrogen-bond acceptors (Lipinski definition) is 2. The van der Waals surface area contributed by atoms with Crippen molar-refractivity contribution in [2.75, 3.05) is 11.4 Å². The molecule has 0 bridgehead atoms. The number of carbonyl (C=O) groups is 1. The summed E-state index contributed by atoms with van der Waals surface area (Å²) < 4.78 is 0. The Morgan fingerprint density at radius 3 is 2.62 bits per heavy atom. The van der Waals surface area contributed by atoms with E-state index in [1.54, 1.807) is 0 Å². The smallest absolute Gasteiger partial charge is 0.328 e. The van der Waals surface area contributed by atoms with E-state index >= 15 is 0 Å². The van der Waals surface area contributed by atoms with Gasteiger partial charge in [0.1, 0.15) is 0 Å². The van der Waals surface area contributed by atoms with E-state index in [9.17, 15) is 4.79 Å². The molecule has 1 aromatic carbocycles. The van der Waals surface area contributed by atoms with Crippen molar-refractivity contribution in [3.8, 4) is 0 Å². The third kappa shape index (κ3) is 5.80. The molecule has 1 aromatic rings. The van der Waals surface area contributed by atoms with Gasteiger partial charge in [0.15, 0.2) is 0 Å². The van der Waals surface area contributed by atoms with Crippen LogP contribution in [0.1, 0.15) is 45.6 Å². The first kappa shape index (κ1) is 17.6. The van der Waals surface area contributed by atoms with Crippen LogP contribution in [-0.2, 0) is 4.79 Å². The maximum absolute atomic E-state index is 10.6. The van der Waals surface area contributed by atoms with Crippen molar-refractivity contribution in [1.29, 1.82) is 0 Å². The Bertz CT molecular complexity index is 498. The van der Waals surface area contributed by atoms with Gasteiger partial charge in [0, 0.05) is 29.4 Å². The van der Waals surface area contributed by atoms with Crippen LogP contribution in [0.2, 0.25) is 5.02 Å². The van der Waals surface area contributed by atoms with Gasteiger partial charge in [0.05, 0.1) is 0 Å². The van der Waals surface area contributed by atoms with Crippen LogP contribution in [0.4, 0.5) is 5.69 Å². The van der Waals surface area contributed by atoms with E-state index in [4.69, 9.17) is 16.7 Å². The number of halogens is 1. The minimum Gasteiger partial charge on any atom is -0.478 e. The standard InChI is InChI=1S/C17H24ClNO2/c1-4-5-6-11-19(13(2)3)15-9-7-14(16(18)12-15)8-10-17(20)21/h7-10,12-13H,4-6,11H2,1-3H3,(H,20,21)/b10-8+. The molecule has 0 aliphatic heterocycles. The van der Waals surface area contributed by atoms with E-state index in [1.165, 1.54) is 18.9 Å². The van der Waals surface area contributed by atoms with Crippen molar-refractivity contribution < 1.29 is 9.90 Å². The normalized spacial score (nSPS) is 11.3. The van der Waals surface area contributed by atoms with Gasteiger partial charge in [-0.15, -0.1) is 0 Å². The third-order valence-electron chi connectivity index (χ3n) is 3.35. The number of benzene rings is 1. The second kappa shape index (κ2) is 8.73. The van der Waals surface area contributed by atoms with Crippen LogP contribution in [-0.4, -0.2) is 23.7 Å². The second-order valence-electron chi connectivity index (χ2n) is 5.37. The fourth-order valence-corrected chi connectivity index (χ4v) is 2.45. The zero-order valence-corrected chi connectivity index (χ0v) is 13.7. The lowest BCUT2D eigenvalue weighted by atomic mass is 10.1. The molecular weight excluding hydrogens is 286 g/mol. The van der Waals surface area contributed by atoms with Gasteiger partial charge < -0.3 is 10.0 Å². The monoisotopic (exact) mass is 309 g/mol. The fraction of sp³-hybridized carbons (Fsp3) is 0.471. The molecule has 0 amide bonds. The highest BCUT2D eigenvalue weighted by Gasteiger charge is 2.11. The van der Waals surface area contributed by atoms with Gasteiger partial charge in [-0.25, -0.2) is 4.79 Å². The van der Waals surface area contributed by atoms with Crippen molar-refractivity contribution in [3.05, 3.63) is 34.9 Å². The molecule has 0 radical (unpaired) electrons. The molecule has 0 atom stereocenters. The Hall–Kier alpha value is -1.48. The number of unbranched alkanes of at least 4 members (excludes halogenated alkanes) is 2. The van der Waals surface area contributed by atoms with Crippen molar-refractivity contribution in [2.24, 2.45) is 0 Å². The Morgan fingerprint density at radius 2 is 2.10 bits per heavy atom. The molecule has 1 rings (SSSR count). The number of carboxylic acid groups (broad SMARTS) is 1. The molecule has 0 saturated heterocycles. The lowest BCUT2D eigenvalue weighted by Gasteiger charge is -2.29. The predicted molar refractivity (Wildman–Crippen MR) is 90.1 cm³/mol. The number of anilines is 1. The second-order valence-corrected chi connectivity index (χ2v) is 5.78. The highest BCUT2D eigenvalue weighted by atomic mass is 35.5. The topological polar surface area (TPSA) is 40.5 Å². The summed E-state index contributed by atoms with van der Waals surface area (Å²) in [4.78, 5) is 12.9. The lowest BCUT2D eigenvalue weighted by Crippen LogP contribution is -2.31. The van der Waals surface area contributed by atoms with Crippen LogP contribution in [0.5, 0.6) is 0 Å². The number of aliphatic carboxylic acids is 1. The molecule has 0 aliphatic rings. The molecule has 0 aromatic heterocycles. The Labute approximate surface area is 132 Å². The van der Waals surface area contributed by atoms with Crippen LogP contribution in [0.3, 0.4) is 0 Å². The first-order chi connectivity index (χ1) is 9.95. The predicted octanol–water partition coefficient (Wildman–Crippen LogP) is 4.84. The van der Waals surface area contributed by atoms with Crippen molar-refractivity contribution in [2.45, 2.75) is 46.1 Å². The summed E-state index contributed by atoms with van der Waals surface area (Å²) in [5.74, 6) is -0.974. The summed E-state index contributed by atoms with van der Waals surface area (Å²) in [6, 6.07) is 6.18. The van der Waals surface area contributed by atoms with Crippen molar-refractivity contribution in [1.82, 2.24) is 0 Å².